The average molecular weight is 316 g/mol. The number of aliphatic hydroxyl groups is 1. The Morgan fingerprint density at radius 2 is 1.78 bits per heavy atom. The first kappa shape index (κ1) is 16.6. The Bertz CT molecular complexity index is 646. The van der Waals surface area contributed by atoms with E-state index in [9.17, 15) is 9.90 Å². The number of methoxy groups -OCH3 is 2. The highest BCUT2D eigenvalue weighted by Crippen LogP contribution is 2.29. The predicted molar refractivity (Wildman–Crippen MR) is 88.0 cm³/mol. The van der Waals surface area contributed by atoms with Gasteiger partial charge < -0.3 is 25.2 Å². The van der Waals surface area contributed by atoms with E-state index in [1.807, 2.05) is 30.3 Å². The number of hydrogen-bond acceptors (Lipinski definition) is 4. The summed E-state index contributed by atoms with van der Waals surface area (Å²) < 4.78 is 10.3. The molecule has 6 heteroatoms. The quantitative estimate of drug-likeness (QED) is 0.765. The van der Waals surface area contributed by atoms with E-state index < -0.39 is 12.1 Å². The summed E-state index contributed by atoms with van der Waals surface area (Å²) in [5.74, 6) is 1.10. The summed E-state index contributed by atoms with van der Waals surface area (Å²) in [5, 5.41) is 14.9. The Hall–Kier alpha value is -2.73. The monoisotopic (exact) mass is 316 g/mol. The van der Waals surface area contributed by atoms with E-state index in [1.165, 1.54) is 7.11 Å². The van der Waals surface area contributed by atoms with Gasteiger partial charge in [-0.25, -0.2) is 4.79 Å². The van der Waals surface area contributed by atoms with E-state index in [0.717, 1.165) is 5.56 Å². The fourth-order valence-electron chi connectivity index (χ4n) is 2.16. The van der Waals surface area contributed by atoms with Crippen molar-refractivity contribution in [2.75, 3.05) is 26.1 Å². The molecular weight excluding hydrogens is 296 g/mol. The van der Waals surface area contributed by atoms with Crippen molar-refractivity contribution in [2.45, 2.75) is 6.04 Å². The summed E-state index contributed by atoms with van der Waals surface area (Å²) in [4.78, 5) is 12.1. The summed E-state index contributed by atoms with van der Waals surface area (Å²) in [6.07, 6.45) is 0. The van der Waals surface area contributed by atoms with Gasteiger partial charge in [0, 0.05) is 11.8 Å². The highest BCUT2D eigenvalue weighted by Gasteiger charge is 2.14. The molecule has 2 aromatic carbocycles. The average Bonchev–Trinajstić information content (AvgIpc) is 2.60. The van der Waals surface area contributed by atoms with Gasteiger partial charge in [0.1, 0.15) is 0 Å². The van der Waals surface area contributed by atoms with Crippen LogP contribution in [0.15, 0.2) is 48.5 Å². The van der Waals surface area contributed by atoms with Crippen molar-refractivity contribution in [2.24, 2.45) is 0 Å². The highest BCUT2D eigenvalue weighted by molar-refractivity contribution is 5.90. The number of rotatable bonds is 6. The Morgan fingerprint density at radius 1 is 1.09 bits per heavy atom. The van der Waals surface area contributed by atoms with E-state index in [-0.39, 0.29) is 6.61 Å². The van der Waals surface area contributed by atoms with Crippen LogP contribution < -0.4 is 20.1 Å². The van der Waals surface area contributed by atoms with E-state index >= 15 is 0 Å². The molecule has 0 aliphatic heterocycles. The van der Waals surface area contributed by atoms with Crippen molar-refractivity contribution in [3.8, 4) is 11.5 Å². The second-order valence-electron chi connectivity index (χ2n) is 4.81. The zero-order valence-corrected chi connectivity index (χ0v) is 13.1. The smallest absolute Gasteiger partial charge is 0.319 e. The first-order valence-electron chi connectivity index (χ1n) is 7.13. The Balaban J connectivity index is 2.04. The molecule has 0 bridgehead atoms. The maximum atomic E-state index is 12.1. The van der Waals surface area contributed by atoms with E-state index in [1.54, 1.807) is 25.3 Å². The SMILES string of the molecule is COc1ccc(NC(=O)N[C@H](CO)c2ccccc2)cc1OC. The number of aliphatic hydroxyl groups excluding tert-OH is 1. The maximum absolute atomic E-state index is 12.1. The van der Waals surface area contributed by atoms with Gasteiger partial charge in [-0.3, -0.25) is 0 Å². The molecule has 2 amide bonds. The minimum absolute atomic E-state index is 0.191. The number of carbonyl (C=O) groups excluding carboxylic acids is 1. The molecule has 6 nitrogen and oxygen atoms in total. The summed E-state index contributed by atoms with van der Waals surface area (Å²) in [6, 6.07) is 13.5. The molecule has 0 radical (unpaired) electrons. The molecule has 0 unspecified atom stereocenters. The molecule has 0 spiro atoms. The largest absolute Gasteiger partial charge is 0.493 e. The van der Waals surface area contributed by atoms with Crippen LogP contribution in [0.2, 0.25) is 0 Å². The third-order valence-corrected chi connectivity index (χ3v) is 3.33. The zero-order valence-electron chi connectivity index (χ0n) is 13.1. The molecule has 0 saturated carbocycles. The summed E-state index contributed by atoms with van der Waals surface area (Å²) in [7, 11) is 3.07. The number of ether oxygens (including phenoxy) is 2. The van der Waals surface area contributed by atoms with Gasteiger partial charge in [-0.1, -0.05) is 30.3 Å². The molecule has 3 N–H and O–H groups in total. The lowest BCUT2D eigenvalue weighted by Gasteiger charge is -2.17. The summed E-state index contributed by atoms with van der Waals surface area (Å²) in [6.45, 7) is -0.191. The molecule has 0 aromatic heterocycles. The van der Waals surface area contributed by atoms with E-state index in [4.69, 9.17) is 9.47 Å². The lowest BCUT2D eigenvalue weighted by atomic mass is 10.1. The van der Waals surface area contributed by atoms with Crippen LogP contribution in [0.1, 0.15) is 11.6 Å². The topological polar surface area (TPSA) is 79.8 Å². The molecule has 1 atom stereocenters. The zero-order chi connectivity index (χ0) is 16.7. The van der Waals surface area contributed by atoms with Crippen molar-refractivity contribution in [1.29, 1.82) is 0 Å². The fourth-order valence-corrected chi connectivity index (χ4v) is 2.16. The van der Waals surface area contributed by atoms with Crippen LogP contribution in [0.4, 0.5) is 10.5 Å². The van der Waals surface area contributed by atoms with Crippen LogP contribution in [0, 0.1) is 0 Å². The molecule has 2 aromatic rings. The third kappa shape index (κ3) is 4.37. The fraction of sp³-hybridized carbons (Fsp3) is 0.235. The molecule has 2 rings (SSSR count). The Labute approximate surface area is 135 Å². The first-order chi connectivity index (χ1) is 11.2. The molecule has 0 heterocycles. The van der Waals surface area contributed by atoms with Crippen LogP contribution in [-0.2, 0) is 0 Å². The van der Waals surface area contributed by atoms with Crippen molar-refractivity contribution < 1.29 is 19.4 Å². The maximum Gasteiger partial charge on any atom is 0.319 e. The van der Waals surface area contributed by atoms with Gasteiger partial charge in [0.2, 0.25) is 0 Å². The van der Waals surface area contributed by atoms with Gasteiger partial charge in [0.05, 0.1) is 26.9 Å². The highest BCUT2D eigenvalue weighted by atomic mass is 16.5. The number of carbonyl (C=O) groups is 1. The predicted octanol–water partition coefficient (Wildman–Crippen LogP) is 2.56. The molecule has 23 heavy (non-hydrogen) atoms. The molecule has 0 fully saturated rings. The Morgan fingerprint density at radius 3 is 2.39 bits per heavy atom. The second-order valence-corrected chi connectivity index (χ2v) is 4.81. The normalized spacial score (nSPS) is 11.4. The van der Waals surface area contributed by atoms with Crippen LogP contribution in [0.5, 0.6) is 11.5 Å². The first-order valence-corrected chi connectivity index (χ1v) is 7.13. The second kappa shape index (κ2) is 8.05. The van der Waals surface area contributed by atoms with Gasteiger partial charge in [0.15, 0.2) is 11.5 Å². The lowest BCUT2D eigenvalue weighted by Crippen LogP contribution is -2.34. The number of urea groups is 1. The third-order valence-electron chi connectivity index (χ3n) is 3.33. The van der Waals surface area contributed by atoms with Gasteiger partial charge >= 0.3 is 6.03 Å². The van der Waals surface area contributed by atoms with E-state index in [0.29, 0.717) is 17.2 Å². The number of benzene rings is 2. The standard InChI is InChI=1S/C17H20N2O4/c1-22-15-9-8-13(10-16(15)23-2)18-17(21)19-14(11-20)12-6-4-3-5-7-12/h3-10,14,20H,11H2,1-2H3,(H2,18,19,21)/t14-/m1/s1. The van der Waals surface area contributed by atoms with E-state index in [2.05, 4.69) is 10.6 Å². The Kier molecular flexibility index (Phi) is 5.82. The van der Waals surface area contributed by atoms with Crippen LogP contribution in [0.25, 0.3) is 0 Å². The molecular formula is C17H20N2O4. The number of hydrogen-bond donors (Lipinski definition) is 3. The molecule has 0 aliphatic rings. The number of amides is 2. The van der Waals surface area contributed by atoms with Crippen LogP contribution in [-0.4, -0.2) is 32.0 Å². The van der Waals surface area contributed by atoms with Crippen LogP contribution >= 0.6 is 0 Å². The van der Waals surface area contributed by atoms with Crippen LogP contribution in [0.3, 0.4) is 0 Å². The number of nitrogens with one attached hydrogen (secondary N) is 2. The van der Waals surface area contributed by atoms with Gasteiger partial charge in [0.25, 0.3) is 0 Å². The molecule has 0 saturated heterocycles. The summed E-state index contributed by atoms with van der Waals surface area (Å²) >= 11 is 0. The van der Waals surface area contributed by atoms with Crippen molar-refractivity contribution in [3.05, 3.63) is 54.1 Å². The van der Waals surface area contributed by atoms with Gasteiger partial charge in [-0.2, -0.15) is 0 Å². The molecule has 122 valence electrons. The van der Waals surface area contributed by atoms with Crippen molar-refractivity contribution >= 4 is 11.7 Å². The van der Waals surface area contributed by atoms with Crippen molar-refractivity contribution in [1.82, 2.24) is 5.32 Å². The summed E-state index contributed by atoms with van der Waals surface area (Å²) in [5.41, 5.74) is 1.39. The lowest BCUT2D eigenvalue weighted by molar-refractivity contribution is 0.225. The number of anilines is 1. The van der Waals surface area contributed by atoms with Gasteiger partial charge in [-0.05, 0) is 17.7 Å². The minimum atomic E-state index is -0.476. The molecule has 0 aliphatic carbocycles. The van der Waals surface area contributed by atoms with Gasteiger partial charge in [-0.15, -0.1) is 0 Å². The van der Waals surface area contributed by atoms with Crippen molar-refractivity contribution in [3.63, 3.8) is 0 Å². The minimum Gasteiger partial charge on any atom is -0.493 e.